The predicted octanol–water partition coefficient (Wildman–Crippen LogP) is 1.20. The van der Waals surface area contributed by atoms with Crippen molar-refractivity contribution in [2.24, 2.45) is 5.92 Å². The zero-order chi connectivity index (χ0) is 13.1. The minimum atomic E-state index is -0.954. The van der Waals surface area contributed by atoms with Gasteiger partial charge in [-0.05, 0) is 24.8 Å². The highest BCUT2D eigenvalue weighted by molar-refractivity contribution is 5.94. The molecular weight excluding hydrogens is 239 g/mol. The van der Waals surface area contributed by atoms with Crippen molar-refractivity contribution in [3.63, 3.8) is 0 Å². The fourth-order valence-electron chi connectivity index (χ4n) is 1.81. The Morgan fingerprint density at radius 3 is 2.78 bits per heavy atom. The lowest BCUT2D eigenvalue weighted by Gasteiger charge is -2.15. The van der Waals surface area contributed by atoms with Crippen LogP contribution in [0.25, 0.3) is 0 Å². The van der Waals surface area contributed by atoms with Crippen molar-refractivity contribution in [1.29, 1.82) is 0 Å². The van der Waals surface area contributed by atoms with E-state index in [1.54, 1.807) is 0 Å². The number of carbonyl (C=O) groups excluding carboxylic acids is 1. The number of nitrogens with zero attached hydrogens (tertiary/aromatic N) is 1. The third kappa shape index (κ3) is 3.26. The molecule has 0 spiro atoms. The number of pyridine rings is 1. The summed E-state index contributed by atoms with van der Waals surface area (Å²) in [6.45, 7) is 0. The van der Waals surface area contributed by atoms with Crippen LogP contribution in [0.3, 0.4) is 0 Å². The Labute approximate surface area is 103 Å². The minimum absolute atomic E-state index is 0.103. The number of aliphatic carboxylic acids is 1. The van der Waals surface area contributed by atoms with Crippen LogP contribution in [0.4, 0.5) is 4.39 Å². The van der Waals surface area contributed by atoms with Gasteiger partial charge in [-0.15, -0.1) is 0 Å². The fourth-order valence-corrected chi connectivity index (χ4v) is 1.81. The Balaban J connectivity index is 2.02. The van der Waals surface area contributed by atoms with Gasteiger partial charge in [-0.2, -0.15) is 0 Å². The van der Waals surface area contributed by atoms with Gasteiger partial charge < -0.3 is 10.4 Å². The van der Waals surface area contributed by atoms with Crippen LogP contribution in [-0.4, -0.2) is 28.0 Å². The Hall–Kier alpha value is -1.98. The zero-order valence-corrected chi connectivity index (χ0v) is 9.60. The van der Waals surface area contributed by atoms with E-state index in [9.17, 15) is 14.0 Å². The summed E-state index contributed by atoms with van der Waals surface area (Å²) in [6.07, 6.45) is 3.98. The second-order valence-electron chi connectivity index (χ2n) is 4.41. The number of amides is 1. The highest BCUT2D eigenvalue weighted by Gasteiger charge is 2.33. The highest BCUT2D eigenvalue weighted by atomic mass is 19.1. The predicted molar refractivity (Wildman–Crippen MR) is 60.4 cm³/mol. The average Bonchev–Trinajstić information content (AvgIpc) is 3.11. The van der Waals surface area contributed by atoms with Crippen LogP contribution in [0.15, 0.2) is 18.5 Å². The van der Waals surface area contributed by atoms with Crippen LogP contribution >= 0.6 is 0 Å². The SMILES string of the molecule is O=C(O)CC(NC(=O)c1cncc(F)c1)C1CC1. The van der Waals surface area contributed by atoms with Crippen LogP contribution in [-0.2, 0) is 4.79 Å². The third-order valence-corrected chi connectivity index (χ3v) is 2.87. The molecule has 1 fully saturated rings. The molecule has 0 radical (unpaired) electrons. The molecule has 1 aliphatic carbocycles. The fraction of sp³-hybridized carbons (Fsp3) is 0.417. The van der Waals surface area contributed by atoms with Gasteiger partial charge in [0.1, 0.15) is 5.82 Å². The second-order valence-corrected chi connectivity index (χ2v) is 4.41. The van der Waals surface area contributed by atoms with Crippen molar-refractivity contribution >= 4 is 11.9 Å². The monoisotopic (exact) mass is 252 g/mol. The molecule has 2 rings (SSSR count). The van der Waals surface area contributed by atoms with E-state index >= 15 is 0 Å². The van der Waals surface area contributed by atoms with Gasteiger partial charge in [0, 0.05) is 12.2 Å². The topological polar surface area (TPSA) is 79.3 Å². The van der Waals surface area contributed by atoms with Gasteiger partial charge in [0.25, 0.3) is 5.91 Å². The molecule has 2 N–H and O–H groups in total. The van der Waals surface area contributed by atoms with Gasteiger partial charge >= 0.3 is 5.97 Å². The number of hydrogen-bond acceptors (Lipinski definition) is 3. The summed E-state index contributed by atoms with van der Waals surface area (Å²) in [5, 5.41) is 11.4. The number of carboxylic acids is 1. The first-order chi connectivity index (χ1) is 8.56. The third-order valence-electron chi connectivity index (χ3n) is 2.87. The summed E-state index contributed by atoms with van der Waals surface area (Å²) < 4.78 is 12.9. The average molecular weight is 252 g/mol. The molecule has 0 bridgehead atoms. The Morgan fingerprint density at radius 1 is 1.50 bits per heavy atom. The van der Waals surface area contributed by atoms with Gasteiger partial charge in [0.05, 0.1) is 18.2 Å². The van der Waals surface area contributed by atoms with Crippen LogP contribution in [0.1, 0.15) is 29.6 Å². The summed E-state index contributed by atoms with van der Waals surface area (Å²) >= 11 is 0. The number of hydrogen-bond donors (Lipinski definition) is 2. The molecule has 1 saturated carbocycles. The molecule has 1 unspecified atom stereocenters. The smallest absolute Gasteiger partial charge is 0.305 e. The summed E-state index contributed by atoms with van der Waals surface area (Å²) in [4.78, 5) is 26.1. The number of aromatic nitrogens is 1. The quantitative estimate of drug-likeness (QED) is 0.825. The molecule has 1 aliphatic rings. The molecule has 0 saturated heterocycles. The van der Waals surface area contributed by atoms with E-state index in [1.165, 1.54) is 6.20 Å². The standard InChI is InChI=1S/C12H13FN2O3/c13-9-3-8(5-14-6-9)12(18)15-10(4-11(16)17)7-1-2-7/h3,5-7,10H,1-2,4H2,(H,15,18)(H,16,17). The molecule has 5 nitrogen and oxygen atoms in total. The second kappa shape index (κ2) is 5.12. The number of halogens is 1. The lowest BCUT2D eigenvalue weighted by atomic mass is 10.1. The van der Waals surface area contributed by atoms with E-state index in [0.29, 0.717) is 0 Å². The van der Waals surface area contributed by atoms with E-state index in [0.717, 1.165) is 25.1 Å². The van der Waals surface area contributed by atoms with Crippen molar-refractivity contribution in [3.8, 4) is 0 Å². The van der Waals surface area contributed by atoms with Crippen molar-refractivity contribution < 1.29 is 19.1 Å². The van der Waals surface area contributed by atoms with E-state index in [2.05, 4.69) is 10.3 Å². The molecule has 1 atom stereocenters. The van der Waals surface area contributed by atoms with Gasteiger partial charge in [-0.25, -0.2) is 4.39 Å². The largest absolute Gasteiger partial charge is 0.481 e. The van der Waals surface area contributed by atoms with Gasteiger partial charge in [-0.1, -0.05) is 0 Å². The van der Waals surface area contributed by atoms with Gasteiger partial charge in [0.15, 0.2) is 0 Å². The lowest BCUT2D eigenvalue weighted by molar-refractivity contribution is -0.137. The number of carbonyl (C=O) groups is 2. The van der Waals surface area contributed by atoms with Crippen molar-refractivity contribution in [2.75, 3.05) is 0 Å². The molecule has 18 heavy (non-hydrogen) atoms. The molecule has 1 aromatic rings. The Morgan fingerprint density at radius 2 is 2.22 bits per heavy atom. The highest BCUT2D eigenvalue weighted by Crippen LogP contribution is 2.34. The van der Waals surface area contributed by atoms with Gasteiger partial charge in [0.2, 0.25) is 0 Å². The molecule has 0 aliphatic heterocycles. The van der Waals surface area contributed by atoms with Crippen molar-refractivity contribution in [3.05, 3.63) is 29.8 Å². The summed E-state index contributed by atoms with van der Waals surface area (Å²) in [6, 6.07) is 0.686. The molecule has 96 valence electrons. The first-order valence-electron chi connectivity index (χ1n) is 5.69. The first-order valence-corrected chi connectivity index (χ1v) is 5.69. The maximum Gasteiger partial charge on any atom is 0.305 e. The van der Waals surface area contributed by atoms with E-state index in [4.69, 9.17) is 5.11 Å². The van der Waals surface area contributed by atoms with Crippen molar-refractivity contribution in [1.82, 2.24) is 10.3 Å². The molecular formula is C12H13FN2O3. The lowest BCUT2D eigenvalue weighted by Crippen LogP contribution is -2.38. The Kier molecular flexibility index (Phi) is 3.55. The van der Waals surface area contributed by atoms with Crippen LogP contribution in [0, 0.1) is 11.7 Å². The summed E-state index contributed by atoms with van der Waals surface area (Å²) in [5.74, 6) is -1.82. The molecule has 1 amide bonds. The Bertz CT molecular complexity index is 474. The molecule has 1 heterocycles. The van der Waals surface area contributed by atoms with Crippen LogP contribution in [0.2, 0.25) is 0 Å². The maximum atomic E-state index is 12.9. The van der Waals surface area contributed by atoms with E-state index < -0.39 is 23.7 Å². The molecule has 0 aromatic carbocycles. The summed E-state index contributed by atoms with van der Waals surface area (Å²) in [5.41, 5.74) is 0.103. The maximum absolute atomic E-state index is 12.9. The number of rotatable bonds is 5. The molecule has 1 aromatic heterocycles. The normalized spacial score (nSPS) is 16.1. The molecule has 6 heteroatoms. The first kappa shape index (κ1) is 12.5. The zero-order valence-electron chi connectivity index (χ0n) is 9.60. The van der Waals surface area contributed by atoms with Crippen LogP contribution < -0.4 is 5.32 Å². The summed E-state index contributed by atoms with van der Waals surface area (Å²) in [7, 11) is 0. The van der Waals surface area contributed by atoms with Crippen LogP contribution in [0.5, 0.6) is 0 Å². The number of nitrogens with one attached hydrogen (secondary N) is 1. The van der Waals surface area contributed by atoms with Gasteiger partial charge in [-0.3, -0.25) is 14.6 Å². The number of carboxylic acid groups (broad SMARTS) is 1. The van der Waals surface area contributed by atoms with Crippen molar-refractivity contribution in [2.45, 2.75) is 25.3 Å². The van der Waals surface area contributed by atoms with E-state index in [-0.39, 0.29) is 17.9 Å². The van der Waals surface area contributed by atoms with E-state index in [1.807, 2.05) is 0 Å². The minimum Gasteiger partial charge on any atom is -0.481 e.